The molecule has 0 atom stereocenters. The Morgan fingerprint density at radius 1 is 1.37 bits per heavy atom. The van der Waals surface area contributed by atoms with Crippen LogP contribution in [0.3, 0.4) is 0 Å². The van der Waals surface area contributed by atoms with Crippen LogP contribution in [-0.4, -0.2) is 32.3 Å². The van der Waals surface area contributed by atoms with E-state index in [1.54, 1.807) is 13.2 Å². The number of hydrogen-bond acceptors (Lipinski definition) is 3. The summed E-state index contributed by atoms with van der Waals surface area (Å²) in [6.07, 6.45) is 1.06. The molecule has 0 bridgehead atoms. The van der Waals surface area contributed by atoms with Crippen molar-refractivity contribution in [2.24, 2.45) is 0 Å². The van der Waals surface area contributed by atoms with Gasteiger partial charge in [0.15, 0.2) is 0 Å². The van der Waals surface area contributed by atoms with Gasteiger partial charge in [0.2, 0.25) is 0 Å². The third-order valence-electron chi connectivity index (χ3n) is 2.56. The molecule has 0 aromatic heterocycles. The summed E-state index contributed by atoms with van der Waals surface area (Å²) in [6, 6.07) is 7.46. The fraction of sp³-hybridized carbons (Fsp3) is 0.533. The van der Waals surface area contributed by atoms with Crippen molar-refractivity contribution in [3.05, 3.63) is 35.4 Å². The molecule has 0 aliphatic heterocycles. The van der Waals surface area contributed by atoms with Crippen LogP contribution in [-0.2, 0) is 16.1 Å². The maximum Gasteiger partial charge on any atom is 0.251 e. The predicted molar refractivity (Wildman–Crippen MR) is 75.2 cm³/mol. The minimum Gasteiger partial charge on any atom is -0.380 e. The van der Waals surface area contributed by atoms with E-state index in [9.17, 15) is 4.79 Å². The van der Waals surface area contributed by atoms with E-state index in [4.69, 9.17) is 9.47 Å². The zero-order chi connectivity index (χ0) is 14.1. The van der Waals surface area contributed by atoms with Crippen LogP contribution in [0.25, 0.3) is 0 Å². The molecule has 0 heterocycles. The second kappa shape index (κ2) is 8.67. The Hall–Kier alpha value is -1.39. The van der Waals surface area contributed by atoms with Gasteiger partial charge in [-0.25, -0.2) is 0 Å². The lowest BCUT2D eigenvalue weighted by atomic mass is 10.1. The normalized spacial score (nSPS) is 10.7. The quantitative estimate of drug-likeness (QED) is 0.734. The van der Waals surface area contributed by atoms with Crippen molar-refractivity contribution >= 4 is 5.91 Å². The van der Waals surface area contributed by atoms with Gasteiger partial charge in [0.25, 0.3) is 5.91 Å². The van der Waals surface area contributed by atoms with Gasteiger partial charge < -0.3 is 14.8 Å². The van der Waals surface area contributed by atoms with Crippen molar-refractivity contribution < 1.29 is 14.3 Å². The number of carbonyl (C=O) groups is 1. The standard InChI is InChI=1S/C15H23NO3/c1-12(2)19-9-5-8-16-15(17)14-7-4-6-13(10-14)11-18-3/h4,6-7,10,12H,5,8-9,11H2,1-3H3,(H,16,17). The number of carbonyl (C=O) groups excluding carboxylic acids is 1. The van der Waals surface area contributed by atoms with E-state index >= 15 is 0 Å². The average Bonchev–Trinajstić information content (AvgIpc) is 2.38. The highest BCUT2D eigenvalue weighted by atomic mass is 16.5. The molecule has 0 fully saturated rings. The molecule has 19 heavy (non-hydrogen) atoms. The first-order chi connectivity index (χ1) is 9.13. The fourth-order valence-electron chi connectivity index (χ4n) is 1.66. The maximum absolute atomic E-state index is 11.9. The molecule has 1 aromatic rings. The minimum atomic E-state index is -0.0532. The molecule has 1 aromatic carbocycles. The number of benzene rings is 1. The zero-order valence-electron chi connectivity index (χ0n) is 11.9. The van der Waals surface area contributed by atoms with Gasteiger partial charge >= 0.3 is 0 Å². The Morgan fingerprint density at radius 3 is 2.84 bits per heavy atom. The van der Waals surface area contributed by atoms with Gasteiger partial charge in [0.05, 0.1) is 12.7 Å². The van der Waals surface area contributed by atoms with E-state index < -0.39 is 0 Å². The Labute approximate surface area is 115 Å². The van der Waals surface area contributed by atoms with Gasteiger partial charge in [-0.3, -0.25) is 4.79 Å². The van der Waals surface area contributed by atoms with Crippen molar-refractivity contribution in [2.45, 2.75) is 33.0 Å². The topological polar surface area (TPSA) is 47.6 Å². The molecular formula is C15H23NO3. The molecule has 0 saturated heterocycles. The van der Waals surface area contributed by atoms with Crippen LogP contribution >= 0.6 is 0 Å². The van der Waals surface area contributed by atoms with Crippen molar-refractivity contribution in [2.75, 3.05) is 20.3 Å². The number of nitrogens with one attached hydrogen (secondary N) is 1. The molecule has 0 saturated carbocycles. The maximum atomic E-state index is 11.9. The molecule has 0 aliphatic rings. The second-order valence-corrected chi connectivity index (χ2v) is 4.66. The van der Waals surface area contributed by atoms with Crippen LogP contribution in [0.2, 0.25) is 0 Å². The van der Waals surface area contributed by atoms with Crippen molar-refractivity contribution in [1.29, 1.82) is 0 Å². The lowest BCUT2D eigenvalue weighted by molar-refractivity contribution is 0.0757. The molecule has 0 aliphatic carbocycles. The summed E-state index contributed by atoms with van der Waals surface area (Å²) < 4.78 is 10.5. The summed E-state index contributed by atoms with van der Waals surface area (Å²) in [5.41, 5.74) is 1.66. The fourth-order valence-corrected chi connectivity index (χ4v) is 1.66. The Balaban J connectivity index is 2.34. The molecule has 1 N–H and O–H groups in total. The first-order valence-corrected chi connectivity index (χ1v) is 6.61. The van der Waals surface area contributed by atoms with Crippen molar-refractivity contribution in [3.8, 4) is 0 Å². The molecule has 1 amide bonds. The predicted octanol–water partition coefficient (Wildman–Crippen LogP) is 2.38. The largest absolute Gasteiger partial charge is 0.380 e. The molecule has 4 heteroatoms. The first kappa shape index (κ1) is 15.7. The SMILES string of the molecule is COCc1cccc(C(=O)NCCCOC(C)C)c1. The third kappa shape index (κ3) is 6.36. The van der Waals surface area contributed by atoms with E-state index in [2.05, 4.69) is 5.32 Å². The van der Waals surface area contributed by atoms with Gasteiger partial charge in [-0.05, 0) is 38.0 Å². The highest BCUT2D eigenvalue weighted by molar-refractivity contribution is 5.94. The van der Waals surface area contributed by atoms with Crippen LogP contribution in [0, 0.1) is 0 Å². The Bertz CT molecular complexity index is 391. The second-order valence-electron chi connectivity index (χ2n) is 4.66. The van der Waals surface area contributed by atoms with Gasteiger partial charge in [-0.1, -0.05) is 12.1 Å². The minimum absolute atomic E-state index is 0.0532. The number of hydrogen-bond donors (Lipinski definition) is 1. The van der Waals surface area contributed by atoms with Gasteiger partial charge in [0, 0.05) is 25.8 Å². The summed E-state index contributed by atoms with van der Waals surface area (Å²) >= 11 is 0. The van der Waals surface area contributed by atoms with Gasteiger partial charge in [-0.15, -0.1) is 0 Å². The molecular weight excluding hydrogens is 242 g/mol. The lowest BCUT2D eigenvalue weighted by Crippen LogP contribution is -2.25. The number of ether oxygens (including phenoxy) is 2. The summed E-state index contributed by atoms with van der Waals surface area (Å²) in [6.45, 7) is 5.81. The lowest BCUT2D eigenvalue weighted by Gasteiger charge is -2.09. The van der Waals surface area contributed by atoms with Gasteiger partial charge in [0.1, 0.15) is 0 Å². The van der Waals surface area contributed by atoms with E-state index in [1.807, 2.05) is 32.0 Å². The van der Waals surface area contributed by atoms with Crippen LogP contribution in [0.15, 0.2) is 24.3 Å². The van der Waals surface area contributed by atoms with E-state index in [0.717, 1.165) is 12.0 Å². The Morgan fingerprint density at radius 2 is 2.16 bits per heavy atom. The highest BCUT2D eigenvalue weighted by Gasteiger charge is 2.05. The van der Waals surface area contributed by atoms with E-state index in [0.29, 0.717) is 25.3 Å². The summed E-state index contributed by atoms with van der Waals surface area (Å²) in [7, 11) is 1.64. The van der Waals surface area contributed by atoms with Crippen LogP contribution < -0.4 is 5.32 Å². The van der Waals surface area contributed by atoms with Gasteiger partial charge in [-0.2, -0.15) is 0 Å². The summed E-state index contributed by atoms with van der Waals surface area (Å²) in [5, 5.41) is 2.88. The van der Waals surface area contributed by atoms with Crippen LogP contribution in [0.4, 0.5) is 0 Å². The smallest absolute Gasteiger partial charge is 0.251 e. The van der Waals surface area contributed by atoms with E-state index in [-0.39, 0.29) is 12.0 Å². The van der Waals surface area contributed by atoms with Crippen LogP contribution in [0.1, 0.15) is 36.2 Å². The van der Waals surface area contributed by atoms with Crippen LogP contribution in [0.5, 0.6) is 0 Å². The summed E-state index contributed by atoms with van der Waals surface area (Å²) in [5.74, 6) is -0.0532. The molecule has 4 nitrogen and oxygen atoms in total. The molecule has 0 radical (unpaired) electrons. The molecule has 0 spiro atoms. The first-order valence-electron chi connectivity index (χ1n) is 6.61. The highest BCUT2D eigenvalue weighted by Crippen LogP contribution is 2.06. The number of methoxy groups -OCH3 is 1. The Kier molecular flexibility index (Phi) is 7.15. The molecule has 0 unspecified atom stereocenters. The molecule has 1 rings (SSSR count). The monoisotopic (exact) mass is 265 g/mol. The number of rotatable bonds is 8. The van der Waals surface area contributed by atoms with Crippen molar-refractivity contribution in [3.63, 3.8) is 0 Å². The zero-order valence-corrected chi connectivity index (χ0v) is 11.9. The summed E-state index contributed by atoms with van der Waals surface area (Å²) in [4.78, 5) is 11.9. The average molecular weight is 265 g/mol. The number of amides is 1. The molecule has 106 valence electrons. The third-order valence-corrected chi connectivity index (χ3v) is 2.56. The van der Waals surface area contributed by atoms with E-state index in [1.165, 1.54) is 0 Å². The van der Waals surface area contributed by atoms with Crippen molar-refractivity contribution in [1.82, 2.24) is 5.32 Å².